The molecule has 2 amide bonds. The lowest BCUT2D eigenvalue weighted by Crippen LogP contribution is -2.47. The van der Waals surface area contributed by atoms with Crippen molar-refractivity contribution in [2.75, 3.05) is 0 Å². The van der Waals surface area contributed by atoms with Gasteiger partial charge in [0.1, 0.15) is 0 Å². The second kappa shape index (κ2) is 2.85. The van der Waals surface area contributed by atoms with Gasteiger partial charge in [-0.3, -0.25) is 14.9 Å². The van der Waals surface area contributed by atoms with Gasteiger partial charge in [-0.1, -0.05) is 12.1 Å². The summed E-state index contributed by atoms with van der Waals surface area (Å²) in [6.45, 7) is 1.44. The molecular weight excluding hydrogens is 204 g/mol. The lowest BCUT2D eigenvalue weighted by atomic mass is 9.92. The molecule has 0 aliphatic carbocycles. The van der Waals surface area contributed by atoms with Crippen molar-refractivity contribution in [1.29, 1.82) is 0 Å². The molecule has 1 aliphatic heterocycles. The number of carbonyl (C=O) groups is 2. The van der Waals surface area contributed by atoms with E-state index in [1.165, 1.54) is 25.1 Å². The van der Waals surface area contributed by atoms with Crippen molar-refractivity contribution in [3.05, 3.63) is 34.9 Å². The summed E-state index contributed by atoms with van der Waals surface area (Å²) in [6, 6.07) is 4.22. The van der Waals surface area contributed by atoms with Gasteiger partial charge in [0.15, 0.2) is 0 Å². The second-order valence-electron chi connectivity index (χ2n) is 3.36. The first-order valence-electron chi connectivity index (χ1n) is 4.28. The summed E-state index contributed by atoms with van der Waals surface area (Å²) in [5.41, 5.74) is -0.390. The zero-order chi connectivity index (χ0) is 11.2. The van der Waals surface area contributed by atoms with Gasteiger partial charge in [0.2, 0.25) is 0 Å². The Bertz CT molecular complexity index is 468. The summed E-state index contributed by atoms with van der Waals surface area (Å²) in [5.74, 6) is -5.96. The largest absolute Gasteiger partial charge is 0.351 e. The Kier molecular flexibility index (Phi) is 1.86. The first-order valence-corrected chi connectivity index (χ1v) is 4.28. The Morgan fingerprint density at radius 1 is 1.27 bits per heavy atom. The fourth-order valence-electron chi connectivity index (χ4n) is 1.64. The maximum Gasteiger partial charge on any atom is 0.351 e. The fraction of sp³-hybridized carbons (Fsp3) is 0.200. The number of fused-ring (bicyclic) bond motifs is 1. The van der Waals surface area contributed by atoms with Crippen LogP contribution in [0.4, 0.5) is 8.78 Å². The molecule has 78 valence electrons. The SMILES string of the molecule is Cc1cccc2c1C(F)(F)C(=O)NC2=O. The number of benzene rings is 1. The molecule has 0 saturated carbocycles. The van der Waals surface area contributed by atoms with Gasteiger partial charge in [0, 0.05) is 11.1 Å². The van der Waals surface area contributed by atoms with Gasteiger partial charge in [-0.25, -0.2) is 0 Å². The van der Waals surface area contributed by atoms with Crippen molar-refractivity contribution in [3.8, 4) is 0 Å². The highest BCUT2D eigenvalue weighted by molar-refractivity contribution is 6.12. The molecule has 1 N–H and O–H groups in total. The first-order chi connectivity index (χ1) is 6.94. The molecule has 3 nitrogen and oxygen atoms in total. The van der Waals surface area contributed by atoms with Crippen molar-refractivity contribution in [1.82, 2.24) is 5.32 Å². The van der Waals surface area contributed by atoms with Crippen molar-refractivity contribution in [2.24, 2.45) is 0 Å². The Morgan fingerprint density at radius 3 is 2.60 bits per heavy atom. The number of hydrogen-bond acceptors (Lipinski definition) is 2. The average Bonchev–Trinajstić information content (AvgIpc) is 2.14. The summed E-state index contributed by atoms with van der Waals surface area (Å²) in [6.07, 6.45) is 0. The van der Waals surface area contributed by atoms with Gasteiger partial charge < -0.3 is 0 Å². The van der Waals surface area contributed by atoms with Crippen LogP contribution in [0.5, 0.6) is 0 Å². The molecule has 1 aromatic rings. The number of hydrogen-bond donors (Lipinski definition) is 1. The van der Waals surface area contributed by atoms with Crippen LogP contribution in [0.2, 0.25) is 0 Å². The maximum absolute atomic E-state index is 13.5. The van der Waals surface area contributed by atoms with Crippen LogP contribution < -0.4 is 5.32 Å². The molecule has 1 aromatic carbocycles. The van der Waals surface area contributed by atoms with Gasteiger partial charge in [-0.2, -0.15) is 8.78 Å². The highest BCUT2D eigenvalue weighted by atomic mass is 19.3. The van der Waals surface area contributed by atoms with Gasteiger partial charge in [0.05, 0.1) is 0 Å². The van der Waals surface area contributed by atoms with Gasteiger partial charge in [-0.15, -0.1) is 0 Å². The van der Waals surface area contributed by atoms with Gasteiger partial charge in [0.25, 0.3) is 5.91 Å². The number of nitrogens with one attached hydrogen (secondary N) is 1. The molecule has 0 spiro atoms. The van der Waals surface area contributed by atoms with Gasteiger partial charge in [-0.05, 0) is 18.6 Å². The first kappa shape index (κ1) is 9.76. The van der Waals surface area contributed by atoms with Crippen LogP contribution in [0, 0.1) is 6.92 Å². The lowest BCUT2D eigenvalue weighted by Gasteiger charge is -2.25. The zero-order valence-corrected chi connectivity index (χ0v) is 7.80. The molecule has 0 radical (unpaired) electrons. The number of alkyl halides is 2. The van der Waals surface area contributed by atoms with E-state index < -0.39 is 23.3 Å². The quantitative estimate of drug-likeness (QED) is 0.658. The lowest BCUT2D eigenvalue weighted by molar-refractivity contribution is -0.146. The third-order valence-electron chi connectivity index (χ3n) is 2.34. The van der Waals surface area contributed by atoms with Crippen LogP contribution >= 0.6 is 0 Å². The van der Waals surface area contributed by atoms with E-state index in [2.05, 4.69) is 0 Å². The molecule has 0 unspecified atom stereocenters. The van der Waals surface area contributed by atoms with E-state index in [4.69, 9.17) is 0 Å². The van der Waals surface area contributed by atoms with Crippen LogP contribution in [0.15, 0.2) is 18.2 Å². The van der Waals surface area contributed by atoms with E-state index >= 15 is 0 Å². The molecular formula is C10H7F2NO2. The maximum atomic E-state index is 13.5. The molecule has 1 heterocycles. The fourth-order valence-corrected chi connectivity index (χ4v) is 1.64. The van der Waals surface area contributed by atoms with E-state index in [0.717, 1.165) is 0 Å². The van der Waals surface area contributed by atoms with Crippen molar-refractivity contribution in [3.63, 3.8) is 0 Å². The summed E-state index contributed by atoms with van der Waals surface area (Å²) in [4.78, 5) is 22.2. The number of rotatable bonds is 0. The molecule has 15 heavy (non-hydrogen) atoms. The Hall–Kier alpha value is -1.78. The average molecular weight is 211 g/mol. The number of imide groups is 1. The number of carbonyl (C=O) groups excluding carboxylic acids is 2. The highest BCUT2D eigenvalue weighted by Gasteiger charge is 2.49. The normalized spacial score (nSPS) is 18.3. The molecule has 2 rings (SSSR count). The predicted molar refractivity (Wildman–Crippen MR) is 47.5 cm³/mol. The van der Waals surface area contributed by atoms with Crippen LogP contribution in [-0.4, -0.2) is 11.8 Å². The monoisotopic (exact) mass is 211 g/mol. The predicted octanol–water partition coefficient (Wildman–Crippen LogP) is 1.36. The number of halogens is 2. The third kappa shape index (κ3) is 1.23. The van der Waals surface area contributed by atoms with Crippen molar-refractivity contribution >= 4 is 11.8 Å². The smallest absolute Gasteiger partial charge is 0.287 e. The molecule has 0 atom stereocenters. The van der Waals surface area contributed by atoms with Crippen molar-refractivity contribution < 1.29 is 18.4 Å². The molecule has 1 aliphatic rings. The summed E-state index contributed by atoms with van der Waals surface area (Å²) in [5, 5.41) is 1.63. The molecule has 5 heteroatoms. The molecule has 0 aromatic heterocycles. The zero-order valence-electron chi connectivity index (χ0n) is 7.80. The summed E-state index contributed by atoms with van der Waals surface area (Å²) < 4.78 is 26.9. The topological polar surface area (TPSA) is 46.2 Å². The minimum atomic E-state index is -3.63. The van der Waals surface area contributed by atoms with Crippen LogP contribution in [0.3, 0.4) is 0 Å². The summed E-state index contributed by atoms with van der Waals surface area (Å²) in [7, 11) is 0. The van der Waals surface area contributed by atoms with Crippen LogP contribution in [0.1, 0.15) is 21.5 Å². The number of amides is 2. The molecule has 0 fully saturated rings. The minimum absolute atomic E-state index is 0.139. The van der Waals surface area contributed by atoms with E-state index in [9.17, 15) is 18.4 Å². The Labute approximate surface area is 84.1 Å². The second-order valence-corrected chi connectivity index (χ2v) is 3.36. The van der Waals surface area contributed by atoms with E-state index in [-0.39, 0.29) is 11.1 Å². The van der Waals surface area contributed by atoms with Crippen LogP contribution in [-0.2, 0) is 10.7 Å². The third-order valence-corrected chi connectivity index (χ3v) is 2.34. The summed E-state index contributed by atoms with van der Waals surface area (Å²) >= 11 is 0. The standard InChI is InChI=1S/C10H7F2NO2/c1-5-3-2-4-6-7(5)10(11,12)9(15)13-8(6)14/h2-4H,1H3,(H,13,14,15). The highest BCUT2D eigenvalue weighted by Crippen LogP contribution is 2.36. The molecule has 0 bridgehead atoms. The van der Waals surface area contributed by atoms with E-state index in [0.29, 0.717) is 0 Å². The molecule has 0 saturated heterocycles. The Balaban J connectivity index is 2.77. The van der Waals surface area contributed by atoms with Crippen molar-refractivity contribution in [2.45, 2.75) is 12.8 Å². The van der Waals surface area contributed by atoms with Gasteiger partial charge >= 0.3 is 11.8 Å². The van der Waals surface area contributed by atoms with E-state index in [1.54, 1.807) is 5.32 Å². The minimum Gasteiger partial charge on any atom is -0.287 e. The van der Waals surface area contributed by atoms with Crippen LogP contribution in [0.25, 0.3) is 0 Å². The Morgan fingerprint density at radius 2 is 1.93 bits per heavy atom. The number of aryl methyl sites for hydroxylation is 1. The van der Waals surface area contributed by atoms with E-state index in [1.807, 2.05) is 0 Å².